The number of fused-ring (bicyclic) bond motifs is 1. The average molecular weight is 491 g/mol. The number of aromatic hydroxyl groups is 1. The minimum atomic E-state index is -0.442. The molecule has 2 amide bonds. The van der Waals surface area contributed by atoms with Crippen LogP contribution in [-0.2, 0) is 11.2 Å². The normalized spacial score (nSPS) is 14.4. The molecule has 0 unspecified atom stereocenters. The summed E-state index contributed by atoms with van der Waals surface area (Å²) < 4.78 is 0. The fourth-order valence-electron chi connectivity index (χ4n) is 4.16. The third-order valence-electron chi connectivity index (χ3n) is 6.08. The van der Waals surface area contributed by atoms with Gasteiger partial charge in [0, 0.05) is 43.9 Å². The van der Waals surface area contributed by atoms with Gasteiger partial charge in [0.1, 0.15) is 5.75 Å². The summed E-state index contributed by atoms with van der Waals surface area (Å²) >= 11 is 5.87. The zero-order valence-corrected chi connectivity index (χ0v) is 20.0. The van der Waals surface area contributed by atoms with Gasteiger partial charge in [0.15, 0.2) is 0 Å². The van der Waals surface area contributed by atoms with Crippen LogP contribution in [0.3, 0.4) is 0 Å². The van der Waals surface area contributed by atoms with Crippen molar-refractivity contribution in [2.75, 3.05) is 32.7 Å². The van der Waals surface area contributed by atoms with Crippen molar-refractivity contribution < 1.29 is 14.7 Å². The minimum Gasteiger partial charge on any atom is -0.506 e. The fourth-order valence-corrected chi connectivity index (χ4v) is 4.34. The van der Waals surface area contributed by atoms with Crippen LogP contribution in [0.1, 0.15) is 21.5 Å². The average Bonchev–Trinajstić information content (AvgIpc) is 2.87. The predicted octanol–water partition coefficient (Wildman–Crippen LogP) is 3.84. The molecular weight excluding hydrogens is 464 g/mol. The molecule has 0 spiro atoms. The van der Waals surface area contributed by atoms with Crippen molar-refractivity contribution >= 4 is 40.4 Å². The van der Waals surface area contributed by atoms with Gasteiger partial charge in [0.25, 0.3) is 5.91 Å². The molecule has 0 atom stereocenters. The topological polar surface area (TPSA) is 85.2 Å². The van der Waals surface area contributed by atoms with Gasteiger partial charge in [-0.15, -0.1) is 6.58 Å². The maximum absolute atomic E-state index is 13.0. The first kappa shape index (κ1) is 24.4. The van der Waals surface area contributed by atoms with E-state index in [1.165, 1.54) is 18.2 Å². The Morgan fingerprint density at radius 2 is 1.80 bits per heavy atom. The van der Waals surface area contributed by atoms with E-state index in [1.54, 1.807) is 6.21 Å². The lowest BCUT2D eigenvalue weighted by Gasteiger charge is -2.34. The number of rotatable bonds is 7. The van der Waals surface area contributed by atoms with Crippen LogP contribution in [0.2, 0.25) is 5.02 Å². The number of carbonyl (C=O) groups excluding carboxylic acids is 2. The number of piperazine rings is 1. The van der Waals surface area contributed by atoms with Gasteiger partial charge in [-0.25, -0.2) is 5.43 Å². The van der Waals surface area contributed by atoms with E-state index in [1.807, 2.05) is 47.4 Å². The van der Waals surface area contributed by atoms with Gasteiger partial charge < -0.3 is 10.0 Å². The van der Waals surface area contributed by atoms with Crippen molar-refractivity contribution in [3.8, 4) is 5.75 Å². The van der Waals surface area contributed by atoms with Crippen LogP contribution in [0, 0.1) is 0 Å². The number of amides is 2. The number of hydrogen-bond donors (Lipinski definition) is 2. The van der Waals surface area contributed by atoms with Gasteiger partial charge in [0.05, 0.1) is 17.7 Å². The van der Waals surface area contributed by atoms with Gasteiger partial charge in [0.2, 0.25) is 5.91 Å². The fraction of sp³-hybridized carbons (Fsp3) is 0.222. The maximum atomic E-state index is 13.0. The predicted molar refractivity (Wildman–Crippen MR) is 139 cm³/mol. The Hall–Kier alpha value is -3.68. The van der Waals surface area contributed by atoms with Gasteiger partial charge in [-0.05, 0) is 34.5 Å². The van der Waals surface area contributed by atoms with Crippen molar-refractivity contribution in [3.63, 3.8) is 0 Å². The van der Waals surface area contributed by atoms with E-state index < -0.39 is 5.91 Å². The highest BCUT2D eigenvalue weighted by Gasteiger charge is 2.21. The van der Waals surface area contributed by atoms with E-state index in [-0.39, 0.29) is 22.2 Å². The molecule has 1 saturated heterocycles. The summed E-state index contributed by atoms with van der Waals surface area (Å²) in [5.74, 6) is -0.413. The third-order valence-corrected chi connectivity index (χ3v) is 6.38. The van der Waals surface area contributed by atoms with E-state index in [0.29, 0.717) is 6.42 Å². The second-order valence-electron chi connectivity index (χ2n) is 8.37. The first-order valence-electron chi connectivity index (χ1n) is 11.4. The number of benzene rings is 3. The molecule has 1 heterocycles. The molecule has 0 saturated carbocycles. The van der Waals surface area contributed by atoms with Gasteiger partial charge >= 0.3 is 0 Å². The lowest BCUT2D eigenvalue weighted by molar-refractivity contribution is -0.132. The molecule has 8 heteroatoms. The molecule has 180 valence electrons. The summed E-state index contributed by atoms with van der Waals surface area (Å²) in [4.78, 5) is 29.5. The van der Waals surface area contributed by atoms with Gasteiger partial charge in [-0.3, -0.25) is 14.5 Å². The second kappa shape index (κ2) is 11.2. The van der Waals surface area contributed by atoms with Crippen LogP contribution in [0.5, 0.6) is 5.75 Å². The highest BCUT2D eigenvalue weighted by Crippen LogP contribution is 2.24. The Morgan fingerprint density at radius 1 is 1.06 bits per heavy atom. The van der Waals surface area contributed by atoms with Crippen molar-refractivity contribution in [3.05, 3.63) is 89.0 Å². The highest BCUT2D eigenvalue weighted by atomic mass is 35.5. The van der Waals surface area contributed by atoms with Crippen LogP contribution in [-0.4, -0.2) is 65.7 Å². The molecule has 4 rings (SSSR count). The molecule has 0 radical (unpaired) electrons. The van der Waals surface area contributed by atoms with Crippen molar-refractivity contribution in [1.29, 1.82) is 0 Å². The van der Waals surface area contributed by atoms with Crippen LogP contribution >= 0.6 is 11.6 Å². The summed E-state index contributed by atoms with van der Waals surface area (Å²) in [6, 6.07) is 15.9. The Labute approximate surface area is 209 Å². The number of carbonyl (C=O) groups is 2. The molecule has 1 fully saturated rings. The van der Waals surface area contributed by atoms with Crippen LogP contribution in [0.4, 0.5) is 0 Å². The molecule has 0 bridgehead atoms. The Bertz CT molecular complexity index is 1280. The Kier molecular flexibility index (Phi) is 7.80. The molecule has 1 aliphatic heterocycles. The molecule has 35 heavy (non-hydrogen) atoms. The standard InChI is InChI=1S/C27H27ClN4O3/c1-2-11-31-12-14-32(15-13-31)26(34)17-19-7-8-21(23-6-4-3-5-22(19)23)18-29-30-27(35)20-9-10-25(33)24(28)16-20/h2-10,16,18,33H,1,11-15,17H2,(H,30,35). The Morgan fingerprint density at radius 3 is 2.51 bits per heavy atom. The largest absolute Gasteiger partial charge is 0.506 e. The SMILES string of the molecule is C=CCN1CCN(C(=O)Cc2ccc(C=NNC(=O)c3ccc(O)c(Cl)c3)c3ccccc23)CC1. The molecule has 3 aromatic carbocycles. The number of phenols is 1. The van der Waals surface area contributed by atoms with Crippen LogP contribution in [0.25, 0.3) is 10.8 Å². The Balaban J connectivity index is 1.45. The van der Waals surface area contributed by atoms with Crippen molar-refractivity contribution in [1.82, 2.24) is 15.2 Å². The lowest BCUT2D eigenvalue weighted by atomic mass is 9.97. The summed E-state index contributed by atoms with van der Waals surface area (Å²) in [6.45, 7) is 7.79. The summed E-state index contributed by atoms with van der Waals surface area (Å²) in [5, 5.41) is 15.6. The molecule has 2 N–H and O–H groups in total. The number of nitrogens with one attached hydrogen (secondary N) is 1. The molecule has 7 nitrogen and oxygen atoms in total. The highest BCUT2D eigenvalue weighted by molar-refractivity contribution is 6.32. The zero-order chi connectivity index (χ0) is 24.8. The van der Waals surface area contributed by atoms with Crippen molar-refractivity contribution in [2.45, 2.75) is 6.42 Å². The smallest absolute Gasteiger partial charge is 0.271 e. The number of halogens is 1. The second-order valence-corrected chi connectivity index (χ2v) is 8.78. The first-order valence-corrected chi connectivity index (χ1v) is 11.8. The quantitative estimate of drug-likeness (QED) is 0.299. The third kappa shape index (κ3) is 5.88. The number of hydrogen-bond acceptors (Lipinski definition) is 5. The van der Waals surface area contributed by atoms with E-state index in [4.69, 9.17) is 11.6 Å². The molecule has 1 aliphatic rings. The van der Waals surface area contributed by atoms with Crippen molar-refractivity contribution in [2.24, 2.45) is 5.10 Å². The summed E-state index contributed by atoms with van der Waals surface area (Å²) in [6.07, 6.45) is 3.80. The first-order chi connectivity index (χ1) is 17.0. The van der Waals surface area contributed by atoms with E-state index in [9.17, 15) is 14.7 Å². The lowest BCUT2D eigenvalue weighted by Crippen LogP contribution is -2.49. The summed E-state index contributed by atoms with van der Waals surface area (Å²) in [5.41, 5.74) is 4.54. The van der Waals surface area contributed by atoms with Gasteiger partial charge in [-0.2, -0.15) is 5.10 Å². The van der Waals surface area contributed by atoms with E-state index in [0.717, 1.165) is 54.6 Å². The number of nitrogens with zero attached hydrogens (tertiary/aromatic N) is 3. The number of hydrazone groups is 1. The van der Waals surface area contributed by atoms with Gasteiger partial charge in [-0.1, -0.05) is 54.1 Å². The summed E-state index contributed by atoms with van der Waals surface area (Å²) in [7, 11) is 0. The van der Waals surface area contributed by atoms with E-state index >= 15 is 0 Å². The van der Waals surface area contributed by atoms with Crippen LogP contribution in [0.15, 0.2) is 72.4 Å². The van der Waals surface area contributed by atoms with E-state index in [2.05, 4.69) is 22.0 Å². The minimum absolute atomic E-state index is 0.0910. The molecular formula is C27H27ClN4O3. The monoisotopic (exact) mass is 490 g/mol. The molecule has 3 aromatic rings. The molecule has 0 aromatic heterocycles. The zero-order valence-electron chi connectivity index (χ0n) is 19.3. The molecule has 0 aliphatic carbocycles. The van der Waals surface area contributed by atoms with Crippen LogP contribution < -0.4 is 5.43 Å². The maximum Gasteiger partial charge on any atom is 0.271 e. The number of phenolic OH excluding ortho intramolecular Hbond substituents is 1.